The number of fused-ring (bicyclic) bond motifs is 1. The average Bonchev–Trinajstić information content (AvgIpc) is 3.44. The van der Waals surface area contributed by atoms with Crippen molar-refractivity contribution in [2.45, 2.75) is 31.2 Å². The minimum Gasteiger partial charge on any atom is -0.414 e. The van der Waals surface area contributed by atoms with Gasteiger partial charge in [-0.25, -0.2) is 12.8 Å². The molecule has 0 saturated carbocycles. The van der Waals surface area contributed by atoms with Gasteiger partial charge in [0.25, 0.3) is 11.8 Å². The summed E-state index contributed by atoms with van der Waals surface area (Å²) in [5.41, 5.74) is 3.29. The Morgan fingerprint density at radius 1 is 1.06 bits per heavy atom. The first kappa shape index (κ1) is 21.5. The van der Waals surface area contributed by atoms with Gasteiger partial charge in [-0.3, -0.25) is 4.68 Å². The quantitative estimate of drug-likeness (QED) is 0.445. The maximum absolute atomic E-state index is 14.1. The lowest BCUT2D eigenvalue weighted by Gasteiger charge is -2.26. The van der Waals surface area contributed by atoms with E-state index in [2.05, 4.69) is 15.3 Å². The molecule has 0 aliphatic carbocycles. The van der Waals surface area contributed by atoms with Crippen LogP contribution in [0.5, 0.6) is 0 Å². The summed E-state index contributed by atoms with van der Waals surface area (Å²) < 4.78 is 49.6. The van der Waals surface area contributed by atoms with E-state index in [9.17, 15) is 12.8 Å². The number of hydrogen-bond acceptors (Lipinski definition) is 6. The van der Waals surface area contributed by atoms with Gasteiger partial charge in [0.1, 0.15) is 5.82 Å². The molecule has 2 aromatic heterocycles. The third-order valence-electron chi connectivity index (χ3n) is 5.91. The zero-order valence-electron chi connectivity index (χ0n) is 18.2. The lowest BCUT2D eigenvalue weighted by Crippen LogP contribution is -2.36. The second-order valence-electron chi connectivity index (χ2n) is 7.88. The number of halogens is 1. The summed E-state index contributed by atoms with van der Waals surface area (Å²) in [5, 5.41) is 12.5. The van der Waals surface area contributed by atoms with Gasteiger partial charge in [0.05, 0.1) is 10.5 Å². The highest BCUT2D eigenvalue weighted by atomic mass is 32.2. The summed E-state index contributed by atoms with van der Waals surface area (Å²) in [6.07, 6.45) is 1.34. The first-order chi connectivity index (χ1) is 15.9. The molecule has 0 N–H and O–H groups in total. The van der Waals surface area contributed by atoms with E-state index in [0.29, 0.717) is 24.2 Å². The molecule has 8 nitrogen and oxygen atoms in total. The zero-order valence-corrected chi connectivity index (χ0v) is 19.0. The predicted octanol–water partition coefficient (Wildman–Crippen LogP) is 3.59. The number of aromatic nitrogens is 4. The van der Waals surface area contributed by atoms with Crippen LogP contribution in [0.2, 0.25) is 0 Å². The van der Waals surface area contributed by atoms with Crippen LogP contribution in [0.25, 0.3) is 23.0 Å². The van der Waals surface area contributed by atoms with Crippen molar-refractivity contribution in [1.29, 1.82) is 0 Å². The molecular formula is C23H22FN5O3S. The van der Waals surface area contributed by atoms with E-state index in [1.807, 2.05) is 19.1 Å². The van der Waals surface area contributed by atoms with Crippen LogP contribution in [0.4, 0.5) is 4.39 Å². The molecule has 3 heterocycles. The van der Waals surface area contributed by atoms with Crippen molar-refractivity contribution in [3.63, 3.8) is 0 Å². The number of rotatable bonds is 5. The van der Waals surface area contributed by atoms with Crippen LogP contribution in [0.3, 0.4) is 0 Å². The molecule has 0 atom stereocenters. The highest BCUT2D eigenvalue weighted by molar-refractivity contribution is 7.89. The Labute approximate surface area is 190 Å². The molecule has 4 aromatic rings. The van der Waals surface area contributed by atoms with E-state index in [1.54, 1.807) is 42.1 Å². The maximum Gasteiger partial charge on any atom is 0.268 e. The summed E-state index contributed by atoms with van der Waals surface area (Å²) in [6, 6.07) is 13.1. The highest BCUT2D eigenvalue weighted by Gasteiger charge is 2.33. The monoisotopic (exact) mass is 467 g/mol. The molecular weight excluding hydrogens is 445 g/mol. The summed E-state index contributed by atoms with van der Waals surface area (Å²) in [7, 11) is -1.89. The van der Waals surface area contributed by atoms with Gasteiger partial charge < -0.3 is 4.42 Å². The smallest absolute Gasteiger partial charge is 0.268 e. The van der Waals surface area contributed by atoms with Gasteiger partial charge in [0, 0.05) is 37.8 Å². The Hall–Kier alpha value is -3.37. The first-order valence-electron chi connectivity index (χ1n) is 10.6. The van der Waals surface area contributed by atoms with Crippen molar-refractivity contribution in [3.8, 4) is 23.0 Å². The molecule has 0 bridgehead atoms. The Kier molecular flexibility index (Phi) is 5.34. The number of hydrogen-bond donors (Lipinski definition) is 0. The van der Waals surface area contributed by atoms with E-state index < -0.39 is 15.8 Å². The second kappa shape index (κ2) is 8.20. The first-order valence-corrected chi connectivity index (χ1v) is 12.0. The van der Waals surface area contributed by atoms with Crippen LogP contribution >= 0.6 is 0 Å². The zero-order chi connectivity index (χ0) is 23.2. The van der Waals surface area contributed by atoms with E-state index in [0.717, 1.165) is 17.7 Å². The standard InChI is InChI=1S/C23H22FN5O3S/c1-3-15-8-10-16(11-9-15)33(30,31)29-13-12-20-18(14-29)21(27-28(20)2)23-26-25-22(32-23)17-6-4-5-7-19(17)24/h4-11H,3,12-14H2,1-2H3. The van der Waals surface area contributed by atoms with Gasteiger partial charge in [0.15, 0.2) is 5.69 Å². The van der Waals surface area contributed by atoms with E-state index in [4.69, 9.17) is 4.42 Å². The molecule has 0 fully saturated rings. The van der Waals surface area contributed by atoms with Crippen molar-refractivity contribution in [3.05, 3.63) is 71.2 Å². The summed E-state index contributed by atoms with van der Waals surface area (Å²) in [6.45, 7) is 2.50. The third-order valence-corrected chi connectivity index (χ3v) is 7.77. The van der Waals surface area contributed by atoms with Crippen molar-refractivity contribution in [1.82, 2.24) is 24.3 Å². The van der Waals surface area contributed by atoms with Crippen molar-refractivity contribution in [2.75, 3.05) is 6.54 Å². The molecule has 2 aromatic carbocycles. The molecule has 1 aliphatic rings. The third kappa shape index (κ3) is 3.75. The molecule has 170 valence electrons. The average molecular weight is 468 g/mol. The van der Waals surface area contributed by atoms with E-state index >= 15 is 0 Å². The Morgan fingerprint density at radius 3 is 2.52 bits per heavy atom. The molecule has 10 heteroatoms. The van der Waals surface area contributed by atoms with Crippen LogP contribution in [0.15, 0.2) is 57.8 Å². The Bertz CT molecular complexity index is 1430. The minimum absolute atomic E-state index is 0.0406. The normalized spacial score (nSPS) is 14.4. The Morgan fingerprint density at radius 2 is 1.79 bits per heavy atom. The molecule has 33 heavy (non-hydrogen) atoms. The van der Waals surface area contributed by atoms with Gasteiger partial charge >= 0.3 is 0 Å². The number of aryl methyl sites for hydroxylation is 2. The fourth-order valence-corrected chi connectivity index (χ4v) is 5.46. The molecule has 0 amide bonds. The molecule has 0 unspecified atom stereocenters. The van der Waals surface area contributed by atoms with Gasteiger partial charge in [-0.15, -0.1) is 10.2 Å². The molecule has 1 aliphatic heterocycles. The molecule has 0 radical (unpaired) electrons. The van der Waals surface area contributed by atoms with E-state index in [-0.39, 0.29) is 28.8 Å². The topological polar surface area (TPSA) is 94.1 Å². The van der Waals surface area contributed by atoms with Crippen LogP contribution in [0.1, 0.15) is 23.7 Å². The van der Waals surface area contributed by atoms with Crippen molar-refractivity contribution in [2.24, 2.45) is 7.05 Å². The van der Waals surface area contributed by atoms with Crippen LogP contribution in [-0.4, -0.2) is 39.2 Å². The van der Waals surface area contributed by atoms with E-state index in [1.165, 1.54) is 10.4 Å². The predicted molar refractivity (Wildman–Crippen MR) is 119 cm³/mol. The summed E-state index contributed by atoms with van der Waals surface area (Å²) in [4.78, 5) is 0.258. The number of sulfonamides is 1. The number of benzene rings is 2. The van der Waals surface area contributed by atoms with Crippen LogP contribution in [0, 0.1) is 5.82 Å². The van der Waals surface area contributed by atoms with Gasteiger partial charge in [-0.05, 0) is 36.2 Å². The van der Waals surface area contributed by atoms with Gasteiger partial charge in [-0.2, -0.15) is 9.40 Å². The van der Waals surface area contributed by atoms with Crippen LogP contribution in [-0.2, 0) is 36.5 Å². The molecule has 0 saturated heterocycles. The molecule has 5 rings (SSSR count). The highest BCUT2D eigenvalue weighted by Crippen LogP contribution is 2.33. The summed E-state index contributed by atoms with van der Waals surface area (Å²) >= 11 is 0. The fourth-order valence-electron chi connectivity index (χ4n) is 4.05. The van der Waals surface area contributed by atoms with Gasteiger partial charge in [0.2, 0.25) is 10.0 Å². The van der Waals surface area contributed by atoms with Gasteiger partial charge in [-0.1, -0.05) is 31.2 Å². The SMILES string of the molecule is CCc1ccc(S(=O)(=O)N2CCc3c(c(-c4nnc(-c5ccccc5F)o4)nn3C)C2)cc1. The lowest BCUT2D eigenvalue weighted by atomic mass is 10.1. The maximum atomic E-state index is 14.1. The van der Waals surface area contributed by atoms with Crippen LogP contribution < -0.4 is 0 Å². The fraction of sp³-hybridized carbons (Fsp3) is 0.261. The number of nitrogens with zero attached hydrogens (tertiary/aromatic N) is 5. The Balaban J connectivity index is 1.49. The molecule has 0 spiro atoms. The lowest BCUT2D eigenvalue weighted by molar-refractivity contribution is 0.386. The van der Waals surface area contributed by atoms with Crippen molar-refractivity contribution < 1.29 is 17.2 Å². The minimum atomic E-state index is -3.68. The van der Waals surface area contributed by atoms with Crippen molar-refractivity contribution >= 4 is 10.0 Å². The largest absolute Gasteiger partial charge is 0.414 e. The second-order valence-corrected chi connectivity index (χ2v) is 9.81. The summed E-state index contributed by atoms with van der Waals surface area (Å²) in [5.74, 6) is -0.308.